The van der Waals surface area contributed by atoms with Gasteiger partial charge in [-0.15, -0.1) is 0 Å². The number of ketones is 1. The highest BCUT2D eigenvalue weighted by Crippen LogP contribution is 2.22. The molecule has 0 aliphatic rings. The molecule has 0 saturated carbocycles. The van der Waals surface area contributed by atoms with Crippen molar-refractivity contribution in [3.63, 3.8) is 0 Å². The minimum Gasteiger partial charge on any atom is -0.326 e. The van der Waals surface area contributed by atoms with Gasteiger partial charge in [-0.3, -0.25) is 14.4 Å². The maximum Gasteiger partial charge on any atom is 0.270 e. The van der Waals surface area contributed by atoms with Gasteiger partial charge in [-0.2, -0.15) is 5.26 Å². The summed E-state index contributed by atoms with van der Waals surface area (Å²) in [6, 6.07) is 17.4. The van der Waals surface area contributed by atoms with E-state index in [1.54, 1.807) is 48.5 Å². The number of hydrogen-bond acceptors (Lipinski definition) is 6. The van der Waals surface area contributed by atoms with Crippen LogP contribution in [0, 0.1) is 11.3 Å². The van der Waals surface area contributed by atoms with Crippen LogP contribution in [0.2, 0.25) is 0 Å². The smallest absolute Gasteiger partial charge is 0.270 e. The first kappa shape index (κ1) is 20.0. The number of carbonyl (C=O) groups excluding carboxylic acids is 2. The molecule has 144 valence electrons. The molecule has 0 fully saturated rings. The number of aromatic amines is 1. The Bertz CT molecular complexity index is 1150. The fourth-order valence-corrected chi connectivity index (χ4v) is 3.34. The molecule has 0 bridgehead atoms. The van der Waals surface area contributed by atoms with Crippen molar-refractivity contribution in [1.29, 1.82) is 5.26 Å². The summed E-state index contributed by atoms with van der Waals surface area (Å²) in [5.41, 5.74) is 1.40. The van der Waals surface area contributed by atoms with Crippen LogP contribution in [0.15, 0.2) is 64.5 Å². The van der Waals surface area contributed by atoms with Gasteiger partial charge in [-0.25, -0.2) is 4.98 Å². The van der Waals surface area contributed by atoms with Crippen LogP contribution in [0.3, 0.4) is 0 Å². The van der Waals surface area contributed by atoms with E-state index in [0.29, 0.717) is 16.8 Å². The molecule has 0 atom stereocenters. The third-order valence-electron chi connectivity index (χ3n) is 3.92. The summed E-state index contributed by atoms with van der Waals surface area (Å²) < 4.78 is 0. The zero-order valence-corrected chi connectivity index (χ0v) is 16.2. The maximum absolute atomic E-state index is 12.4. The molecule has 0 unspecified atom stereocenters. The number of carbonyl (C=O) groups is 2. The molecule has 0 saturated heterocycles. The van der Waals surface area contributed by atoms with E-state index in [2.05, 4.69) is 15.3 Å². The zero-order valence-electron chi connectivity index (χ0n) is 15.4. The van der Waals surface area contributed by atoms with E-state index in [1.807, 2.05) is 12.1 Å². The second-order valence-corrected chi connectivity index (χ2v) is 7.01. The second-order valence-electron chi connectivity index (χ2n) is 6.04. The summed E-state index contributed by atoms with van der Waals surface area (Å²) in [5, 5.41) is 12.2. The molecule has 2 N–H and O–H groups in total. The van der Waals surface area contributed by atoms with Crippen molar-refractivity contribution in [2.45, 2.75) is 12.1 Å². The van der Waals surface area contributed by atoms with E-state index in [1.165, 1.54) is 6.92 Å². The number of Topliss-reactive ketones (excluding diaryl/α,β-unsaturated/α-hetero) is 1. The number of H-pyrrole nitrogens is 1. The van der Waals surface area contributed by atoms with Gasteiger partial charge >= 0.3 is 0 Å². The van der Waals surface area contributed by atoms with Gasteiger partial charge in [-0.05, 0) is 24.3 Å². The summed E-state index contributed by atoms with van der Waals surface area (Å²) in [5.74, 6) is -0.287. The Labute approximate surface area is 170 Å². The van der Waals surface area contributed by atoms with Crippen LogP contribution in [0.1, 0.15) is 22.8 Å². The van der Waals surface area contributed by atoms with E-state index < -0.39 is 5.56 Å². The lowest BCUT2D eigenvalue weighted by atomic mass is 10.1. The van der Waals surface area contributed by atoms with Gasteiger partial charge in [0.15, 0.2) is 10.9 Å². The standard InChI is InChI=1S/C21H16N4O3S/c1-13(26)23-16-9-7-14(8-10-16)18(27)12-29-21-24-19(15-5-3-2-4-6-15)17(11-22)20(28)25-21/h2-10H,12H2,1H3,(H,23,26)(H,24,25,28). The molecule has 1 amide bonds. The summed E-state index contributed by atoms with van der Waals surface area (Å²) >= 11 is 1.09. The first-order chi connectivity index (χ1) is 14.0. The Kier molecular flexibility index (Phi) is 6.22. The molecule has 29 heavy (non-hydrogen) atoms. The van der Waals surface area contributed by atoms with Gasteiger partial charge in [0.1, 0.15) is 11.6 Å². The van der Waals surface area contributed by atoms with Gasteiger partial charge in [0.25, 0.3) is 5.56 Å². The molecule has 0 radical (unpaired) electrons. The predicted octanol–water partition coefficient (Wildman–Crippen LogP) is 3.24. The van der Waals surface area contributed by atoms with E-state index in [0.717, 1.165) is 11.8 Å². The second kappa shape index (κ2) is 8.99. The Morgan fingerprint density at radius 2 is 1.83 bits per heavy atom. The van der Waals surface area contributed by atoms with Crippen LogP contribution in [-0.4, -0.2) is 27.4 Å². The quantitative estimate of drug-likeness (QED) is 0.370. The molecule has 3 rings (SSSR count). The lowest BCUT2D eigenvalue weighted by Crippen LogP contribution is -2.15. The summed E-state index contributed by atoms with van der Waals surface area (Å²) in [4.78, 5) is 42.7. The monoisotopic (exact) mass is 404 g/mol. The third-order valence-corrected chi connectivity index (χ3v) is 4.80. The maximum atomic E-state index is 12.4. The first-order valence-corrected chi connectivity index (χ1v) is 9.60. The first-order valence-electron chi connectivity index (χ1n) is 8.61. The number of rotatable bonds is 6. The van der Waals surface area contributed by atoms with Gasteiger partial charge in [0, 0.05) is 23.7 Å². The fourth-order valence-electron chi connectivity index (χ4n) is 2.59. The molecule has 0 aliphatic carbocycles. The normalized spacial score (nSPS) is 10.2. The topological polar surface area (TPSA) is 116 Å². The van der Waals surface area contributed by atoms with Crippen molar-refractivity contribution in [3.05, 3.63) is 76.1 Å². The highest BCUT2D eigenvalue weighted by atomic mass is 32.2. The number of nitrogens with zero attached hydrogens (tertiary/aromatic N) is 2. The Morgan fingerprint density at radius 1 is 1.14 bits per heavy atom. The van der Waals surface area contributed by atoms with Gasteiger partial charge in [0.05, 0.1) is 11.4 Å². The average Bonchev–Trinajstić information content (AvgIpc) is 2.72. The van der Waals surface area contributed by atoms with Crippen LogP contribution < -0.4 is 10.9 Å². The number of nitrogens with one attached hydrogen (secondary N) is 2. The van der Waals surface area contributed by atoms with E-state index in [4.69, 9.17) is 0 Å². The lowest BCUT2D eigenvalue weighted by Gasteiger charge is -2.07. The van der Waals surface area contributed by atoms with Gasteiger partial charge < -0.3 is 10.3 Å². The molecule has 2 aromatic carbocycles. The van der Waals surface area contributed by atoms with Crippen molar-refractivity contribution in [1.82, 2.24) is 9.97 Å². The number of thioether (sulfide) groups is 1. The zero-order chi connectivity index (χ0) is 20.8. The molecule has 1 heterocycles. The van der Waals surface area contributed by atoms with Gasteiger partial charge in [-0.1, -0.05) is 42.1 Å². The van der Waals surface area contributed by atoms with E-state index in [9.17, 15) is 19.6 Å². The molecule has 0 aliphatic heterocycles. The SMILES string of the molecule is CC(=O)Nc1ccc(C(=O)CSc2nc(-c3ccccc3)c(C#N)c(=O)[nH]2)cc1. The van der Waals surface area contributed by atoms with Crippen molar-refractivity contribution in [2.75, 3.05) is 11.1 Å². The average molecular weight is 404 g/mol. The van der Waals surface area contributed by atoms with Crippen molar-refractivity contribution < 1.29 is 9.59 Å². The minimum absolute atomic E-state index is 0.0581. The van der Waals surface area contributed by atoms with E-state index in [-0.39, 0.29) is 33.9 Å². The van der Waals surface area contributed by atoms with Crippen LogP contribution in [-0.2, 0) is 4.79 Å². The van der Waals surface area contributed by atoms with Crippen LogP contribution >= 0.6 is 11.8 Å². The third kappa shape index (κ3) is 4.97. The molecule has 7 nitrogen and oxygen atoms in total. The number of anilines is 1. The molecule has 1 aromatic heterocycles. The van der Waals surface area contributed by atoms with Crippen molar-refractivity contribution in [2.24, 2.45) is 0 Å². The van der Waals surface area contributed by atoms with Crippen LogP contribution in [0.25, 0.3) is 11.3 Å². The van der Waals surface area contributed by atoms with Gasteiger partial charge in [0.2, 0.25) is 5.91 Å². The number of aromatic nitrogens is 2. The Balaban J connectivity index is 1.78. The van der Waals surface area contributed by atoms with Crippen LogP contribution in [0.5, 0.6) is 0 Å². The van der Waals surface area contributed by atoms with Crippen molar-refractivity contribution in [3.8, 4) is 17.3 Å². The summed E-state index contributed by atoms with van der Waals surface area (Å²) in [6.07, 6.45) is 0. The highest BCUT2D eigenvalue weighted by molar-refractivity contribution is 7.99. The highest BCUT2D eigenvalue weighted by Gasteiger charge is 2.15. The number of hydrogen-bond donors (Lipinski definition) is 2. The van der Waals surface area contributed by atoms with E-state index >= 15 is 0 Å². The lowest BCUT2D eigenvalue weighted by molar-refractivity contribution is -0.114. The largest absolute Gasteiger partial charge is 0.326 e. The molecular formula is C21H16N4O3S. The Morgan fingerprint density at radius 3 is 2.45 bits per heavy atom. The molecule has 0 spiro atoms. The number of amides is 1. The molecule has 3 aromatic rings. The molecule has 8 heteroatoms. The van der Waals surface area contributed by atoms with Crippen molar-refractivity contribution >= 4 is 29.1 Å². The predicted molar refractivity (Wildman–Crippen MR) is 111 cm³/mol. The summed E-state index contributed by atoms with van der Waals surface area (Å²) in [7, 11) is 0. The minimum atomic E-state index is -0.545. The molecular weight excluding hydrogens is 388 g/mol. The van der Waals surface area contributed by atoms with Crippen LogP contribution in [0.4, 0.5) is 5.69 Å². The summed E-state index contributed by atoms with van der Waals surface area (Å²) in [6.45, 7) is 1.41. The number of nitriles is 1. The fraction of sp³-hybridized carbons (Fsp3) is 0.0952. The Hall–Kier alpha value is -3.70. The number of benzene rings is 2.